The van der Waals surface area contributed by atoms with E-state index in [1.54, 1.807) is 48.5 Å². The normalized spacial score (nSPS) is 13.0. The first-order valence-corrected chi connectivity index (χ1v) is 13.8. The zero-order valence-corrected chi connectivity index (χ0v) is 23.1. The smallest absolute Gasteiger partial charge is 0.333 e. The summed E-state index contributed by atoms with van der Waals surface area (Å²) in [4.78, 5) is 53.1. The van der Waals surface area contributed by atoms with Crippen LogP contribution in [0, 0.1) is 11.7 Å². The van der Waals surface area contributed by atoms with Gasteiger partial charge in [0.15, 0.2) is 5.65 Å². The van der Waals surface area contributed by atoms with E-state index in [0.717, 1.165) is 23.0 Å². The van der Waals surface area contributed by atoms with Gasteiger partial charge in [0.2, 0.25) is 5.91 Å². The number of carbonyl (C=O) groups is 1. The molecule has 1 amide bonds. The number of nitrogens with zero attached hydrogens (tertiary/aromatic N) is 5. The number of hydrogen-bond acceptors (Lipinski definition) is 6. The van der Waals surface area contributed by atoms with Crippen molar-refractivity contribution in [2.24, 2.45) is 5.92 Å². The molecular formula is C31H30FN7O3. The summed E-state index contributed by atoms with van der Waals surface area (Å²) >= 11 is 0. The van der Waals surface area contributed by atoms with Crippen LogP contribution in [0.4, 0.5) is 15.9 Å². The van der Waals surface area contributed by atoms with Crippen molar-refractivity contribution in [2.75, 3.05) is 17.7 Å². The van der Waals surface area contributed by atoms with Crippen molar-refractivity contribution in [1.82, 2.24) is 24.1 Å². The minimum Gasteiger partial charge on any atom is -0.383 e. The van der Waals surface area contributed by atoms with Gasteiger partial charge in [-0.15, -0.1) is 0 Å². The Balaban J connectivity index is 1.26. The van der Waals surface area contributed by atoms with Crippen molar-refractivity contribution < 1.29 is 9.18 Å². The van der Waals surface area contributed by atoms with Gasteiger partial charge in [-0.2, -0.15) is 0 Å². The topological polar surface area (TPSA) is 132 Å². The van der Waals surface area contributed by atoms with Crippen LogP contribution in [0.2, 0.25) is 0 Å². The number of imidazole rings is 1. The Kier molecular flexibility index (Phi) is 7.15. The molecule has 1 aliphatic rings. The molecule has 0 bridgehead atoms. The number of H-pyrrole nitrogens is 1. The monoisotopic (exact) mass is 567 g/mol. The maximum Gasteiger partial charge on any atom is 0.333 e. The molecule has 1 fully saturated rings. The summed E-state index contributed by atoms with van der Waals surface area (Å²) < 4.78 is 17.0. The van der Waals surface area contributed by atoms with Crippen molar-refractivity contribution >= 4 is 28.6 Å². The number of hydrogen-bond donors (Lipinski definition) is 2. The summed E-state index contributed by atoms with van der Waals surface area (Å²) in [6.45, 7) is 0.289. The van der Waals surface area contributed by atoms with E-state index < -0.39 is 17.1 Å². The highest BCUT2D eigenvalue weighted by Crippen LogP contribution is 2.30. The minimum absolute atomic E-state index is 0.125. The fraction of sp³-hybridized carbons (Fsp3) is 0.258. The highest BCUT2D eigenvalue weighted by atomic mass is 19.1. The number of nitrogen functional groups attached to an aromatic ring is 1. The number of likely N-dealkylation sites (N-methyl/N-ethyl adjacent to an activating group) is 1. The maximum absolute atomic E-state index is 14.4. The Labute approximate surface area is 240 Å². The van der Waals surface area contributed by atoms with E-state index in [1.165, 1.54) is 10.6 Å². The van der Waals surface area contributed by atoms with Crippen LogP contribution in [-0.2, 0) is 30.7 Å². The molecule has 214 valence electrons. The maximum atomic E-state index is 14.4. The van der Waals surface area contributed by atoms with Gasteiger partial charge in [0.25, 0.3) is 5.56 Å². The number of nitrogens with two attached hydrogens (primary N) is 1. The van der Waals surface area contributed by atoms with Gasteiger partial charge < -0.3 is 15.6 Å². The van der Waals surface area contributed by atoms with Crippen molar-refractivity contribution in [1.29, 1.82) is 0 Å². The van der Waals surface area contributed by atoms with E-state index in [4.69, 9.17) is 5.73 Å². The minimum atomic E-state index is -0.534. The Morgan fingerprint density at radius 3 is 2.50 bits per heavy atom. The third-order valence-corrected chi connectivity index (χ3v) is 7.67. The molecule has 2 aromatic carbocycles. The molecule has 42 heavy (non-hydrogen) atoms. The van der Waals surface area contributed by atoms with E-state index in [-0.39, 0.29) is 30.0 Å². The molecule has 10 nitrogen and oxygen atoms in total. The van der Waals surface area contributed by atoms with E-state index in [0.29, 0.717) is 47.4 Å². The van der Waals surface area contributed by atoms with Gasteiger partial charge in [-0.05, 0) is 48.6 Å². The Hall–Kier alpha value is -5.06. The standard InChI is InChI=1S/C31H30FN7O3/c1-37(26(40)16-21-6-4-14-34-28(21)33)23-12-10-19(11-13-23)15-25-35-27-29(36-25)38(17-20-8-9-20)31(42)39(30(27)41)18-22-5-2-3-7-24(22)32/h2-7,10-14,20H,8-9,15-18H2,1H3,(H2,33,34)(H,35,36). The summed E-state index contributed by atoms with van der Waals surface area (Å²) in [7, 11) is 1.70. The molecular weight excluding hydrogens is 537 g/mol. The predicted octanol–water partition coefficient (Wildman–Crippen LogP) is 3.26. The first kappa shape index (κ1) is 27.1. The second-order valence-electron chi connectivity index (χ2n) is 10.7. The molecule has 0 atom stereocenters. The highest BCUT2D eigenvalue weighted by molar-refractivity contribution is 5.94. The van der Waals surface area contributed by atoms with Crippen molar-refractivity contribution in [2.45, 2.75) is 38.8 Å². The van der Waals surface area contributed by atoms with Crippen LogP contribution in [-0.4, -0.2) is 37.0 Å². The fourth-order valence-electron chi connectivity index (χ4n) is 5.01. The molecule has 1 aliphatic carbocycles. The molecule has 3 aromatic heterocycles. The average Bonchev–Trinajstić information content (AvgIpc) is 3.72. The number of carbonyl (C=O) groups excluding carboxylic acids is 1. The molecule has 11 heteroatoms. The number of pyridine rings is 1. The summed E-state index contributed by atoms with van der Waals surface area (Å²) in [6, 6.07) is 17.1. The quantitative estimate of drug-likeness (QED) is 0.281. The van der Waals surface area contributed by atoms with Crippen molar-refractivity contribution in [3.05, 3.63) is 116 Å². The molecule has 0 aliphatic heterocycles. The van der Waals surface area contributed by atoms with Gasteiger partial charge in [0.1, 0.15) is 23.0 Å². The lowest BCUT2D eigenvalue weighted by atomic mass is 10.1. The van der Waals surface area contributed by atoms with Crippen molar-refractivity contribution in [3.8, 4) is 0 Å². The number of rotatable bonds is 9. The number of aromatic amines is 1. The van der Waals surface area contributed by atoms with Crippen molar-refractivity contribution in [3.63, 3.8) is 0 Å². The van der Waals surface area contributed by atoms with Gasteiger partial charge >= 0.3 is 5.69 Å². The second kappa shape index (κ2) is 11.1. The van der Waals surface area contributed by atoms with Gasteiger partial charge in [0, 0.05) is 43.0 Å². The molecule has 3 N–H and O–H groups in total. The third kappa shape index (κ3) is 5.45. The first-order valence-electron chi connectivity index (χ1n) is 13.8. The van der Waals surface area contributed by atoms with Crippen LogP contribution >= 0.6 is 0 Å². The third-order valence-electron chi connectivity index (χ3n) is 7.67. The Morgan fingerprint density at radius 2 is 1.79 bits per heavy atom. The number of nitrogens with one attached hydrogen (secondary N) is 1. The van der Waals surface area contributed by atoms with Crippen LogP contribution in [0.15, 0.2) is 76.4 Å². The number of benzene rings is 2. The molecule has 5 aromatic rings. The molecule has 3 heterocycles. The highest BCUT2D eigenvalue weighted by Gasteiger charge is 2.26. The van der Waals surface area contributed by atoms with Gasteiger partial charge in [0.05, 0.1) is 13.0 Å². The predicted molar refractivity (Wildman–Crippen MR) is 158 cm³/mol. The van der Waals surface area contributed by atoms with Crippen LogP contribution in [0.3, 0.4) is 0 Å². The Morgan fingerprint density at radius 1 is 1.05 bits per heavy atom. The molecule has 0 unspecified atom stereocenters. The summed E-state index contributed by atoms with van der Waals surface area (Å²) in [6.07, 6.45) is 4.12. The summed E-state index contributed by atoms with van der Waals surface area (Å²) in [5, 5.41) is 0. The first-order chi connectivity index (χ1) is 20.3. The van der Waals surface area contributed by atoms with E-state index in [2.05, 4.69) is 15.0 Å². The molecule has 0 saturated heterocycles. The molecule has 0 spiro atoms. The molecule has 6 rings (SSSR count). The average molecular weight is 568 g/mol. The van der Waals surface area contributed by atoms with E-state index >= 15 is 0 Å². The van der Waals surface area contributed by atoms with Gasteiger partial charge in [-0.1, -0.05) is 36.4 Å². The number of amides is 1. The number of fused-ring (bicyclic) bond motifs is 1. The zero-order chi connectivity index (χ0) is 29.4. The second-order valence-corrected chi connectivity index (χ2v) is 10.7. The lowest BCUT2D eigenvalue weighted by molar-refractivity contribution is -0.117. The van der Waals surface area contributed by atoms with Crippen LogP contribution < -0.4 is 21.9 Å². The zero-order valence-electron chi connectivity index (χ0n) is 23.1. The Bertz CT molecular complexity index is 1910. The van der Waals surface area contributed by atoms with Gasteiger partial charge in [-0.3, -0.25) is 18.7 Å². The van der Waals surface area contributed by atoms with Crippen LogP contribution in [0.5, 0.6) is 0 Å². The van der Waals surface area contributed by atoms with E-state index in [9.17, 15) is 18.8 Å². The molecule has 1 saturated carbocycles. The SMILES string of the molecule is CN(C(=O)Cc1cccnc1N)c1ccc(Cc2nc3c([nH]2)c(=O)n(Cc2ccccc2F)c(=O)n3CC2CC2)cc1. The molecule has 0 radical (unpaired) electrons. The lowest BCUT2D eigenvalue weighted by Crippen LogP contribution is -2.40. The summed E-state index contributed by atoms with van der Waals surface area (Å²) in [5.41, 5.74) is 7.94. The summed E-state index contributed by atoms with van der Waals surface area (Å²) in [5.74, 6) is 0.619. The number of aromatic nitrogens is 5. The van der Waals surface area contributed by atoms with Crippen LogP contribution in [0.25, 0.3) is 11.2 Å². The largest absolute Gasteiger partial charge is 0.383 e. The fourth-order valence-corrected chi connectivity index (χ4v) is 5.01. The number of anilines is 2. The number of halogens is 1. The van der Waals surface area contributed by atoms with Crippen LogP contribution in [0.1, 0.15) is 35.4 Å². The van der Waals surface area contributed by atoms with E-state index in [1.807, 2.05) is 24.3 Å². The lowest BCUT2D eigenvalue weighted by Gasteiger charge is -2.18. The van der Waals surface area contributed by atoms with Gasteiger partial charge in [-0.25, -0.2) is 19.2 Å².